The number of pyridine rings is 1. The summed E-state index contributed by atoms with van der Waals surface area (Å²) < 4.78 is 2.66. The highest BCUT2D eigenvalue weighted by Crippen LogP contribution is 2.22. The number of carbonyl (C=O) groups is 1. The van der Waals surface area contributed by atoms with Crippen molar-refractivity contribution >= 4 is 24.0 Å². The number of likely N-dealkylation sites (tertiary alicyclic amines) is 1. The van der Waals surface area contributed by atoms with Crippen molar-refractivity contribution in [1.29, 1.82) is 0 Å². The van der Waals surface area contributed by atoms with Gasteiger partial charge in [-0.05, 0) is 30.9 Å². The summed E-state index contributed by atoms with van der Waals surface area (Å²) in [6.45, 7) is 3.29. The average Bonchev–Trinajstić information content (AvgIpc) is 2.83. The van der Waals surface area contributed by atoms with Crippen molar-refractivity contribution < 1.29 is 4.79 Å². The number of carbonyl (C=O) groups excluding carboxylic acids is 1. The minimum atomic E-state index is -0.293. The molecule has 8 heteroatoms. The van der Waals surface area contributed by atoms with Crippen molar-refractivity contribution in [3.8, 4) is 0 Å². The first-order valence-electron chi connectivity index (χ1n) is 7.64. The van der Waals surface area contributed by atoms with Crippen molar-refractivity contribution in [2.75, 3.05) is 13.1 Å². The highest BCUT2D eigenvalue weighted by atomic mass is 35.5. The van der Waals surface area contributed by atoms with Crippen molar-refractivity contribution in [3.05, 3.63) is 34.9 Å². The highest BCUT2D eigenvalue weighted by molar-refractivity contribution is 5.85. The maximum atomic E-state index is 12.5. The molecule has 1 aliphatic heterocycles. The number of fused-ring (bicyclic) bond motifs is 1. The van der Waals surface area contributed by atoms with Gasteiger partial charge < -0.3 is 10.6 Å². The molecule has 23 heavy (non-hydrogen) atoms. The molecule has 0 radical (unpaired) electrons. The number of hydrogen-bond acceptors (Lipinski definition) is 4. The van der Waals surface area contributed by atoms with E-state index < -0.39 is 0 Å². The third kappa shape index (κ3) is 3.40. The van der Waals surface area contributed by atoms with Crippen LogP contribution in [0, 0.1) is 5.92 Å². The molecule has 1 fully saturated rings. The number of nitrogens with two attached hydrogens (primary N) is 1. The van der Waals surface area contributed by atoms with Gasteiger partial charge in [0, 0.05) is 25.3 Å². The first kappa shape index (κ1) is 17.5. The van der Waals surface area contributed by atoms with E-state index in [1.807, 2.05) is 6.07 Å². The Hall–Kier alpha value is -1.86. The minimum Gasteiger partial charge on any atom is -0.337 e. The van der Waals surface area contributed by atoms with Crippen LogP contribution in [0.3, 0.4) is 0 Å². The van der Waals surface area contributed by atoms with Crippen molar-refractivity contribution in [2.24, 2.45) is 11.7 Å². The van der Waals surface area contributed by atoms with Gasteiger partial charge in [-0.1, -0.05) is 13.0 Å². The number of halogens is 1. The fourth-order valence-corrected chi connectivity index (χ4v) is 3.09. The smallest absolute Gasteiger partial charge is 0.337 e. The van der Waals surface area contributed by atoms with E-state index in [2.05, 4.69) is 12.0 Å². The third-order valence-electron chi connectivity index (χ3n) is 4.34. The summed E-state index contributed by atoms with van der Waals surface area (Å²) in [6, 6.07) is 5.38. The summed E-state index contributed by atoms with van der Waals surface area (Å²) in [6.07, 6.45) is 3.54. The van der Waals surface area contributed by atoms with Crippen LogP contribution in [0.25, 0.3) is 5.65 Å². The molecule has 2 unspecified atom stereocenters. The standard InChI is InChI=1S/C15H21N5O2.ClH/c1-11-5-7-18(12(8-11)9-16)14(21)10-20-15(22)19-6-3-2-4-13(19)17-20;/h2-4,6,11-12H,5,7-10,16H2,1H3;1H. The Kier molecular flexibility index (Phi) is 5.43. The summed E-state index contributed by atoms with van der Waals surface area (Å²) in [5.74, 6) is 0.489. The summed E-state index contributed by atoms with van der Waals surface area (Å²) in [5.41, 5.74) is 6.05. The van der Waals surface area contributed by atoms with E-state index in [-0.39, 0.29) is 36.6 Å². The number of amides is 1. The molecule has 2 aromatic heterocycles. The van der Waals surface area contributed by atoms with Crippen molar-refractivity contribution in [2.45, 2.75) is 32.4 Å². The van der Waals surface area contributed by atoms with E-state index in [4.69, 9.17) is 5.73 Å². The molecule has 3 rings (SSSR count). The third-order valence-corrected chi connectivity index (χ3v) is 4.34. The summed E-state index contributed by atoms with van der Waals surface area (Å²) in [5, 5.41) is 4.20. The second kappa shape index (κ2) is 7.14. The van der Waals surface area contributed by atoms with Crippen LogP contribution in [0.1, 0.15) is 19.8 Å². The molecular formula is C15H22ClN5O2. The van der Waals surface area contributed by atoms with E-state index in [1.54, 1.807) is 23.2 Å². The highest BCUT2D eigenvalue weighted by Gasteiger charge is 2.29. The number of rotatable bonds is 3. The molecule has 0 saturated carbocycles. The van der Waals surface area contributed by atoms with Gasteiger partial charge in [-0.15, -0.1) is 17.5 Å². The van der Waals surface area contributed by atoms with Gasteiger partial charge in [-0.3, -0.25) is 9.20 Å². The lowest BCUT2D eigenvalue weighted by molar-refractivity contribution is -0.136. The maximum Gasteiger partial charge on any atom is 0.350 e. The van der Waals surface area contributed by atoms with E-state index in [9.17, 15) is 9.59 Å². The second-order valence-corrected chi connectivity index (χ2v) is 5.98. The monoisotopic (exact) mass is 339 g/mol. The predicted molar refractivity (Wildman–Crippen MR) is 89.7 cm³/mol. The Morgan fingerprint density at radius 3 is 2.91 bits per heavy atom. The molecule has 0 aliphatic carbocycles. The molecule has 126 valence electrons. The normalized spacial score (nSPS) is 21.2. The van der Waals surface area contributed by atoms with E-state index in [1.165, 1.54) is 9.08 Å². The molecule has 1 aliphatic rings. The zero-order valence-corrected chi connectivity index (χ0v) is 13.9. The zero-order valence-electron chi connectivity index (χ0n) is 13.1. The summed E-state index contributed by atoms with van der Waals surface area (Å²) >= 11 is 0. The Bertz CT molecular complexity index is 741. The van der Waals surface area contributed by atoms with Crippen molar-refractivity contribution in [3.63, 3.8) is 0 Å². The van der Waals surface area contributed by atoms with E-state index in [0.717, 1.165) is 12.8 Å². The van der Waals surface area contributed by atoms with Crippen LogP contribution in [0.15, 0.2) is 29.2 Å². The van der Waals surface area contributed by atoms with Gasteiger partial charge in [-0.25, -0.2) is 9.48 Å². The minimum absolute atomic E-state index is 0. The summed E-state index contributed by atoms with van der Waals surface area (Å²) in [4.78, 5) is 26.6. The molecule has 1 saturated heterocycles. The van der Waals surface area contributed by atoms with Gasteiger partial charge in [-0.2, -0.15) is 0 Å². The molecule has 2 aromatic rings. The number of piperidine rings is 1. The lowest BCUT2D eigenvalue weighted by Crippen LogP contribution is -2.50. The number of hydrogen-bond donors (Lipinski definition) is 1. The predicted octanol–water partition coefficient (Wildman–Crippen LogP) is 0.504. The molecule has 0 aromatic carbocycles. The van der Waals surface area contributed by atoms with Crippen LogP contribution >= 0.6 is 12.4 Å². The Morgan fingerprint density at radius 1 is 1.43 bits per heavy atom. The van der Waals surface area contributed by atoms with Crippen LogP contribution in [0.4, 0.5) is 0 Å². The molecule has 3 heterocycles. The lowest BCUT2D eigenvalue weighted by Gasteiger charge is -2.37. The quantitative estimate of drug-likeness (QED) is 0.882. The molecule has 2 atom stereocenters. The molecule has 1 amide bonds. The largest absolute Gasteiger partial charge is 0.350 e. The van der Waals surface area contributed by atoms with Crippen molar-refractivity contribution in [1.82, 2.24) is 19.1 Å². The van der Waals surface area contributed by atoms with Crippen LogP contribution in [0.2, 0.25) is 0 Å². The van der Waals surface area contributed by atoms with Gasteiger partial charge in [0.05, 0.1) is 0 Å². The first-order chi connectivity index (χ1) is 10.6. The van der Waals surface area contributed by atoms with Gasteiger partial charge >= 0.3 is 5.69 Å². The Balaban J connectivity index is 0.00000192. The second-order valence-electron chi connectivity index (χ2n) is 5.98. The Labute approximate surface area is 140 Å². The SMILES string of the molecule is CC1CCN(C(=O)Cn2nc3ccccn3c2=O)C(CN)C1.Cl. The van der Waals surface area contributed by atoms with E-state index >= 15 is 0 Å². The molecule has 2 N–H and O–H groups in total. The van der Waals surface area contributed by atoms with Gasteiger partial charge in [0.2, 0.25) is 5.91 Å². The average molecular weight is 340 g/mol. The Morgan fingerprint density at radius 2 is 2.22 bits per heavy atom. The molecule has 7 nitrogen and oxygen atoms in total. The lowest BCUT2D eigenvalue weighted by atomic mass is 9.92. The van der Waals surface area contributed by atoms with E-state index in [0.29, 0.717) is 24.7 Å². The molecule has 0 bridgehead atoms. The summed E-state index contributed by atoms with van der Waals surface area (Å²) in [7, 11) is 0. The maximum absolute atomic E-state index is 12.5. The van der Waals surface area contributed by atoms with Crippen LogP contribution in [-0.4, -0.2) is 44.1 Å². The van der Waals surface area contributed by atoms with Crippen LogP contribution in [-0.2, 0) is 11.3 Å². The van der Waals surface area contributed by atoms with Crippen LogP contribution in [0.5, 0.6) is 0 Å². The molecular weight excluding hydrogens is 318 g/mol. The first-order valence-corrected chi connectivity index (χ1v) is 7.64. The topological polar surface area (TPSA) is 85.6 Å². The zero-order chi connectivity index (χ0) is 15.7. The molecule has 0 spiro atoms. The van der Waals surface area contributed by atoms with Gasteiger partial charge in [0.1, 0.15) is 6.54 Å². The number of nitrogens with zero attached hydrogens (tertiary/aromatic N) is 4. The van der Waals surface area contributed by atoms with Gasteiger partial charge in [0.15, 0.2) is 5.65 Å². The fourth-order valence-electron chi connectivity index (χ4n) is 3.09. The van der Waals surface area contributed by atoms with Crippen LogP contribution < -0.4 is 11.4 Å². The number of aromatic nitrogens is 3. The van der Waals surface area contributed by atoms with Gasteiger partial charge in [0.25, 0.3) is 0 Å². The fraction of sp³-hybridized carbons (Fsp3) is 0.533.